The van der Waals surface area contributed by atoms with Gasteiger partial charge in [0.2, 0.25) is 0 Å². The predicted molar refractivity (Wildman–Crippen MR) is 53.8 cm³/mol. The molecule has 0 saturated heterocycles. The van der Waals surface area contributed by atoms with E-state index in [1.165, 1.54) is 0 Å². The van der Waals surface area contributed by atoms with Crippen LogP contribution < -0.4 is 0 Å². The van der Waals surface area contributed by atoms with Gasteiger partial charge in [-0.25, -0.2) is 0 Å². The number of hydrogen-bond acceptors (Lipinski definition) is 4. The standard InChI is InChI=1S/C3H8O3S3.Na.H2O.H/c4-9(5,6)2-3(8)1-7;;;/h3,7-8H,1-2H2,(H,4,5,6);;1H2;. The molecule has 1 unspecified atom stereocenters. The van der Waals surface area contributed by atoms with Crippen molar-refractivity contribution in [2.75, 3.05) is 11.5 Å². The molecule has 0 aromatic rings. The summed E-state index contributed by atoms with van der Waals surface area (Å²) in [6.45, 7) is 0. The van der Waals surface area contributed by atoms with Crippen molar-refractivity contribution in [1.82, 2.24) is 0 Å². The van der Waals surface area contributed by atoms with Crippen LogP contribution in [0.4, 0.5) is 0 Å². The maximum atomic E-state index is 10.1. The van der Waals surface area contributed by atoms with Crippen molar-refractivity contribution in [3.8, 4) is 0 Å². The first kappa shape index (κ1) is 18.4. The molecule has 0 saturated carbocycles. The average Bonchev–Trinajstić information content (AvgIpc) is 1.62. The molecule has 0 amide bonds. The van der Waals surface area contributed by atoms with E-state index in [4.69, 9.17) is 4.55 Å². The molecule has 1 atom stereocenters. The zero-order valence-electron chi connectivity index (χ0n) is 5.06. The Balaban J connectivity index is -0.000000320. The molecule has 11 heavy (non-hydrogen) atoms. The molecule has 0 spiro atoms. The van der Waals surface area contributed by atoms with Crippen LogP contribution in [-0.4, -0.2) is 64.8 Å². The number of hydrogen-bond donors (Lipinski definition) is 3. The van der Waals surface area contributed by atoms with Crippen LogP contribution in [0.15, 0.2) is 0 Å². The second kappa shape index (κ2) is 8.18. The first-order valence-corrected chi connectivity index (χ1v) is 4.95. The molecule has 0 radical (unpaired) electrons. The van der Waals surface area contributed by atoms with E-state index >= 15 is 0 Å². The molecule has 66 valence electrons. The summed E-state index contributed by atoms with van der Waals surface area (Å²) < 4.78 is 28.4. The molecule has 0 heterocycles. The Kier molecular flexibility index (Phi) is 13.7. The van der Waals surface area contributed by atoms with Crippen LogP contribution in [0.25, 0.3) is 0 Å². The average molecular weight is 230 g/mol. The third-order valence-electron chi connectivity index (χ3n) is 0.614. The first-order chi connectivity index (χ1) is 3.95. The molecular weight excluding hydrogens is 219 g/mol. The second-order valence-electron chi connectivity index (χ2n) is 1.58. The topological polar surface area (TPSA) is 85.9 Å². The van der Waals surface area contributed by atoms with E-state index in [2.05, 4.69) is 25.3 Å². The molecule has 0 bridgehead atoms. The van der Waals surface area contributed by atoms with Gasteiger partial charge >= 0.3 is 29.6 Å². The summed E-state index contributed by atoms with van der Waals surface area (Å²) in [7, 11) is -3.86. The van der Waals surface area contributed by atoms with Crippen molar-refractivity contribution in [3.05, 3.63) is 0 Å². The van der Waals surface area contributed by atoms with Gasteiger partial charge in [0, 0.05) is 11.0 Å². The van der Waals surface area contributed by atoms with Crippen LogP contribution in [0.5, 0.6) is 0 Å². The molecule has 0 aliphatic carbocycles. The fraction of sp³-hybridized carbons (Fsp3) is 1.00. The van der Waals surface area contributed by atoms with Gasteiger partial charge < -0.3 is 5.48 Å². The molecule has 4 nitrogen and oxygen atoms in total. The fourth-order valence-electron chi connectivity index (χ4n) is 0.296. The zero-order chi connectivity index (χ0) is 7.49. The van der Waals surface area contributed by atoms with Gasteiger partial charge in [-0.1, -0.05) is 0 Å². The fourth-order valence-corrected chi connectivity index (χ4v) is 1.77. The summed E-state index contributed by atoms with van der Waals surface area (Å²) in [4.78, 5) is 0. The maximum absolute atomic E-state index is 10.1. The molecular formula is C3H11NaO4S3. The first-order valence-electron chi connectivity index (χ1n) is 2.20. The van der Waals surface area contributed by atoms with E-state index < -0.39 is 10.1 Å². The van der Waals surface area contributed by atoms with Crippen LogP contribution in [0.3, 0.4) is 0 Å². The van der Waals surface area contributed by atoms with Gasteiger partial charge in [-0.05, 0) is 0 Å². The van der Waals surface area contributed by atoms with Crippen LogP contribution >= 0.6 is 25.3 Å². The van der Waals surface area contributed by atoms with Gasteiger partial charge in [0.15, 0.2) is 0 Å². The van der Waals surface area contributed by atoms with Crippen LogP contribution in [0.1, 0.15) is 0 Å². The summed E-state index contributed by atoms with van der Waals surface area (Å²) in [5.41, 5.74) is 0. The van der Waals surface area contributed by atoms with Gasteiger partial charge in [-0.3, -0.25) is 4.55 Å². The van der Waals surface area contributed by atoms with E-state index in [9.17, 15) is 8.42 Å². The second-order valence-corrected chi connectivity index (χ2v) is 4.18. The zero-order valence-corrected chi connectivity index (χ0v) is 7.66. The van der Waals surface area contributed by atoms with Gasteiger partial charge in [-0.15, -0.1) is 0 Å². The summed E-state index contributed by atoms with van der Waals surface area (Å²) in [6.07, 6.45) is 0. The number of rotatable bonds is 3. The van der Waals surface area contributed by atoms with E-state index in [0.29, 0.717) is 5.75 Å². The molecule has 8 heteroatoms. The molecule has 0 aromatic carbocycles. The van der Waals surface area contributed by atoms with Gasteiger partial charge in [-0.2, -0.15) is 33.7 Å². The van der Waals surface area contributed by atoms with Crippen LogP contribution in [0, 0.1) is 0 Å². The third-order valence-corrected chi connectivity index (χ3v) is 2.78. The Hall–Kier alpha value is 1.57. The third kappa shape index (κ3) is 14.4. The Morgan fingerprint density at radius 1 is 1.45 bits per heavy atom. The number of thiol groups is 2. The van der Waals surface area contributed by atoms with Crippen LogP contribution in [0.2, 0.25) is 0 Å². The monoisotopic (exact) mass is 230 g/mol. The Morgan fingerprint density at radius 2 is 1.82 bits per heavy atom. The summed E-state index contributed by atoms with van der Waals surface area (Å²) in [5, 5.41) is -0.386. The molecule has 0 aromatic heterocycles. The van der Waals surface area contributed by atoms with E-state index in [1.807, 2.05) is 0 Å². The van der Waals surface area contributed by atoms with E-state index in [1.54, 1.807) is 0 Å². The molecule has 0 aliphatic rings. The molecule has 3 N–H and O–H groups in total. The summed E-state index contributed by atoms with van der Waals surface area (Å²) in [5.74, 6) is 0.00249. The Morgan fingerprint density at radius 3 is 1.91 bits per heavy atom. The van der Waals surface area contributed by atoms with Crippen molar-refractivity contribution in [2.45, 2.75) is 5.25 Å². The molecule has 0 fully saturated rings. The normalized spacial score (nSPS) is 12.6. The summed E-state index contributed by atoms with van der Waals surface area (Å²) >= 11 is 7.58. The predicted octanol–water partition coefficient (Wildman–Crippen LogP) is -1.37. The van der Waals surface area contributed by atoms with Gasteiger partial charge in [0.25, 0.3) is 10.1 Å². The summed E-state index contributed by atoms with van der Waals surface area (Å²) in [6, 6.07) is 0. The minimum absolute atomic E-state index is 0. The quantitative estimate of drug-likeness (QED) is 0.318. The van der Waals surface area contributed by atoms with Crippen molar-refractivity contribution in [2.24, 2.45) is 0 Å². The minimum atomic E-state index is -3.86. The van der Waals surface area contributed by atoms with Gasteiger partial charge in [0.1, 0.15) is 0 Å². The van der Waals surface area contributed by atoms with Crippen molar-refractivity contribution in [3.63, 3.8) is 0 Å². The van der Waals surface area contributed by atoms with Crippen molar-refractivity contribution in [1.29, 1.82) is 0 Å². The SMILES string of the molecule is O.O=S(=O)(O)CC(S)CS.[NaH]. The molecule has 0 aliphatic heterocycles. The van der Waals surface area contributed by atoms with E-state index in [-0.39, 0.29) is 46.0 Å². The van der Waals surface area contributed by atoms with Crippen LogP contribution in [-0.2, 0) is 10.1 Å². The van der Waals surface area contributed by atoms with Crippen molar-refractivity contribution < 1.29 is 18.4 Å². The Bertz CT molecular complexity index is 167. The molecule has 0 rings (SSSR count). The van der Waals surface area contributed by atoms with Gasteiger partial charge in [0.05, 0.1) is 5.75 Å². The Labute approximate surface area is 99.3 Å². The van der Waals surface area contributed by atoms with Crippen molar-refractivity contribution >= 4 is 64.9 Å². The van der Waals surface area contributed by atoms with E-state index in [0.717, 1.165) is 0 Å².